The number of benzene rings is 1. The van der Waals surface area contributed by atoms with Gasteiger partial charge in [0.1, 0.15) is 30.3 Å². The third-order valence-corrected chi connectivity index (χ3v) is 6.52. The van der Waals surface area contributed by atoms with Crippen molar-refractivity contribution in [3.8, 4) is 0 Å². The van der Waals surface area contributed by atoms with Crippen LogP contribution >= 0.6 is 23.4 Å². The molecule has 32 heavy (non-hydrogen) atoms. The molecule has 1 fully saturated rings. The first-order valence-corrected chi connectivity index (χ1v) is 10.7. The van der Waals surface area contributed by atoms with E-state index in [9.17, 15) is 29.1 Å². The Hall–Kier alpha value is -3.25. The molecule has 2 aliphatic heterocycles. The number of β-lactam (4-membered cyclic amide) rings is 1. The Labute approximate surface area is 188 Å². The van der Waals surface area contributed by atoms with Crippen molar-refractivity contribution in [1.82, 2.24) is 14.8 Å². The van der Waals surface area contributed by atoms with Crippen molar-refractivity contribution in [3.05, 3.63) is 45.0 Å². The lowest BCUT2D eigenvalue weighted by Gasteiger charge is -2.49. The lowest BCUT2D eigenvalue weighted by atomic mass is 10.0. The topological polar surface area (TPSA) is 148 Å². The predicted molar refractivity (Wildman–Crippen MR) is 112 cm³/mol. The van der Waals surface area contributed by atoms with Gasteiger partial charge in [-0.3, -0.25) is 23.9 Å². The van der Waals surface area contributed by atoms with Crippen molar-refractivity contribution in [3.63, 3.8) is 0 Å². The maximum absolute atomic E-state index is 12.6. The van der Waals surface area contributed by atoms with Crippen LogP contribution in [0.15, 0.2) is 38.7 Å². The van der Waals surface area contributed by atoms with Crippen molar-refractivity contribution >= 4 is 58.2 Å². The number of hydrogen-bond acceptors (Lipinski definition) is 8. The molecule has 0 bridgehead atoms. The van der Waals surface area contributed by atoms with Crippen molar-refractivity contribution in [2.75, 3.05) is 12.4 Å². The summed E-state index contributed by atoms with van der Waals surface area (Å²) in [6.45, 7) is 0.565. The maximum atomic E-state index is 12.6. The van der Waals surface area contributed by atoms with Gasteiger partial charge in [-0.05, 0) is 12.1 Å². The molecule has 2 atom stereocenters. The molecule has 1 saturated heterocycles. The maximum Gasteiger partial charge on any atom is 0.420 e. The average Bonchev–Trinajstić information content (AvgIpc) is 3.03. The number of nitrogens with one attached hydrogen (secondary N) is 1. The lowest BCUT2D eigenvalue weighted by molar-refractivity contribution is -0.151. The Morgan fingerprint density at radius 1 is 1.34 bits per heavy atom. The van der Waals surface area contributed by atoms with Gasteiger partial charge in [0.05, 0.1) is 5.52 Å². The molecule has 1 aromatic carbocycles. The van der Waals surface area contributed by atoms with E-state index in [-0.39, 0.29) is 23.6 Å². The van der Waals surface area contributed by atoms with E-state index in [2.05, 4.69) is 5.32 Å². The van der Waals surface area contributed by atoms with Gasteiger partial charge in [-0.15, -0.1) is 11.8 Å². The second kappa shape index (κ2) is 8.36. The van der Waals surface area contributed by atoms with Gasteiger partial charge in [0.2, 0.25) is 5.91 Å². The minimum atomic E-state index is -1.33. The van der Waals surface area contributed by atoms with Crippen molar-refractivity contribution < 1.29 is 33.4 Å². The first-order valence-electron chi connectivity index (χ1n) is 9.29. The van der Waals surface area contributed by atoms with Crippen LogP contribution in [-0.2, 0) is 30.5 Å². The summed E-state index contributed by atoms with van der Waals surface area (Å²) in [6.07, 6.45) is 0. The molecule has 0 aliphatic carbocycles. The highest BCUT2D eigenvalue weighted by atomic mass is 35.5. The zero-order valence-corrected chi connectivity index (χ0v) is 18.1. The summed E-state index contributed by atoms with van der Waals surface area (Å²) in [6, 6.07) is 3.58. The van der Waals surface area contributed by atoms with Gasteiger partial charge in [-0.1, -0.05) is 11.6 Å². The molecule has 13 heteroatoms. The Morgan fingerprint density at radius 2 is 2.09 bits per heavy atom. The molecule has 3 heterocycles. The van der Waals surface area contributed by atoms with E-state index < -0.39 is 47.5 Å². The van der Waals surface area contributed by atoms with Crippen LogP contribution in [0.3, 0.4) is 0 Å². The zero-order chi connectivity index (χ0) is 23.2. The van der Waals surface area contributed by atoms with Crippen LogP contribution in [0.2, 0.25) is 5.02 Å². The van der Waals surface area contributed by atoms with Crippen LogP contribution in [0.1, 0.15) is 6.92 Å². The van der Waals surface area contributed by atoms with E-state index in [1.807, 2.05) is 0 Å². The van der Waals surface area contributed by atoms with Gasteiger partial charge in [0.25, 0.3) is 5.91 Å². The van der Waals surface area contributed by atoms with Gasteiger partial charge in [0, 0.05) is 29.3 Å². The summed E-state index contributed by atoms with van der Waals surface area (Å²) in [5.41, 5.74) is 0.636. The van der Waals surface area contributed by atoms with Crippen molar-refractivity contribution in [1.29, 1.82) is 0 Å². The van der Waals surface area contributed by atoms with Crippen molar-refractivity contribution in [2.24, 2.45) is 0 Å². The van der Waals surface area contributed by atoms with Gasteiger partial charge in [-0.2, -0.15) is 0 Å². The van der Waals surface area contributed by atoms with Gasteiger partial charge >= 0.3 is 17.7 Å². The lowest BCUT2D eigenvalue weighted by Crippen LogP contribution is -2.70. The van der Waals surface area contributed by atoms with Crippen LogP contribution in [0, 0.1) is 0 Å². The molecule has 0 spiro atoms. The number of oxazole rings is 1. The molecule has 1 unspecified atom stereocenters. The van der Waals surface area contributed by atoms with Crippen LogP contribution in [-0.4, -0.2) is 62.1 Å². The molecule has 11 nitrogen and oxygen atoms in total. The van der Waals surface area contributed by atoms with E-state index in [0.29, 0.717) is 16.1 Å². The highest BCUT2D eigenvalue weighted by molar-refractivity contribution is 8.00. The van der Waals surface area contributed by atoms with Crippen LogP contribution in [0.25, 0.3) is 11.1 Å². The highest BCUT2D eigenvalue weighted by Crippen LogP contribution is 2.40. The number of hydrogen-bond donors (Lipinski definition) is 2. The fraction of sp³-hybridized carbons (Fsp3) is 0.316. The minimum Gasteiger partial charge on any atom is -0.477 e. The Bertz CT molecular complexity index is 1250. The van der Waals surface area contributed by atoms with Gasteiger partial charge in [-0.25, -0.2) is 9.59 Å². The summed E-state index contributed by atoms with van der Waals surface area (Å²) in [4.78, 5) is 61.1. The summed E-state index contributed by atoms with van der Waals surface area (Å²) in [5.74, 6) is -3.66. The van der Waals surface area contributed by atoms with E-state index >= 15 is 0 Å². The second-order valence-corrected chi connectivity index (χ2v) is 8.60. The number of nitrogens with zero attached hydrogens (tertiary/aromatic N) is 2. The molecule has 1 aromatic heterocycles. The predicted octanol–water partition coefficient (Wildman–Crippen LogP) is 0.550. The standard InChI is InChI=1S/C19H16ClN3O8S/c1-8(24)30-6-9-7-32-17-14(16(26)23(17)15(9)18(27)28)21-13(25)5-22-11-3-2-10(20)4-12(11)31-19(22)29/h2-4,14,17H,5-7H2,1H3,(H,21,25)(H,27,28)/t14?,17-/m1/s1. The Morgan fingerprint density at radius 3 is 2.78 bits per heavy atom. The number of aliphatic carboxylic acids is 1. The molecule has 168 valence electrons. The zero-order valence-electron chi connectivity index (χ0n) is 16.5. The molecule has 0 radical (unpaired) electrons. The number of aromatic nitrogens is 1. The first kappa shape index (κ1) is 22.0. The minimum absolute atomic E-state index is 0.211. The second-order valence-electron chi connectivity index (χ2n) is 7.06. The highest BCUT2D eigenvalue weighted by Gasteiger charge is 2.54. The molecule has 2 N–H and O–H groups in total. The fourth-order valence-electron chi connectivity index (χ4n) is 3.54. The molecule has 2 aliphatic rings. The number of rotatable bonds is 6. The largest absolute Gasteiger partial charge is 0.477 e. The Kier molecular flexibility index (Phi) is 5.73. The van der Waals surface area contributed by atoms with Crippen molar-refractivity contribution in [2.45, 2.75) is 24.9 Å². The number of halogens is 1. The van der Waals surface area contributed by atoms with Crippen LogP contribution in [0.5, 0.6) is 0 Å². The first-order chi connectivity index (χ1) is 15.2. The average molecular weight is 482 g/mol. The monoisotopic (exact) mass is 481 g/mol. The SMILES string of the molecule is CC(=O)OCC1=C(C(=O)O)N2C(=O)C(NC(=O)Cn3c(=O)oc4cc(Cl)ccc43)[C@H]2SC1. The molecule has 2 aromatic rings. The van der Waals surface area contributed by atoms with Crippen LogP contribution < -0.4 is 11.1 Å². The molecule has 4 rings (SSSR count). The van der Waals surface area contributed by atoms with Gasteiger partial charge < -0.3 is 19.6 Å². The fourth-order valence-corrected chi connectivity index (χ4v) is 5.03. The Balaban J connectivity index is 1.48. The van der Waals surface area contributed by atoms with Crippen LogP contribution in [0.4, 0.5) is 0 Å². The number of carbonyl (C=O) groups is 4. The van der Waals surface area contributed by atoms with Gasteiger partial charge in [0.15, 0.2) is 5.58 Å². The number of carboxylic acid groups (broad SMARTS) is 1. The molecule has 0 saturated carbocycles. The molecule has 2 amide bonds. The number of carbonyl (C=O) groups excluding carboxylic acids is 3. The summed E-state index contributed by atoms with van der Waals surface area (Å²) in [5, 5.41) is 11.8. The van der Waals surface area contributed by atoms with E-state index in [1.54, 1.807) is 6.07 Å². The number of ether oxygens (including phenoxy) is 1. The summed E-state index contributed by atoms with van der Waals surface area (Å²) < 4.78 is 11.1. The number of esters is 1. The number of thioether (sulfide) groups is 1. The number of fused-ring (bicyclic) bond motifs is 2. The van der Waals surface area contributed by atoms with E-state index in [1.165, 1.54) is 30.8 Å². The third kappa shape index (κ3) is 3.86. The molecular weight excluding hydrogens is 466 g/mol. The van der Waals surface area contributed by atoms with E-state index in [0.717, 1.165) is 9.47 Å². The van der Waals surface area contributed by atoms with E-state index in [4.69, 9.17) is 20.8 Å². The quantitative estimate of drug-likeness (QED) is 0.445. The summed E-state index contributed by atoms with van der Waals surface area (Å²) in [7, 11) is 0. The summed E-state index contributed by atoms with van der Waals surface area (Å²) >= 11 is 7.12. The molecular formula is C19H16ClN3O8S. The number of amides is 2. The normalized spacial score (nSPS) is 20.1. The number of carboxylic acids is 1. The third-order valence-electron chi connectivity index (χ3n) is 4.95. The smallest absolute Gasteiger partial charge is 0.420 e.